The molecule has 0 amide bonds. The smallest absolute Gasteiger partial charge is 0.329 e. The first kappa shape index (κ1) is 15.0. The third-order valence-corrected chi connectivity index (χ3v) is 5.93. The van der Waals surface area contributed by atoms with Crippen LogP contribution in [0.15, 0.2) is 24.4 Å². The van der Waals surface area contributed by atoms with E-state index < -0.39 is 0 Å². The van der Waals surface area contributed by atoms with E-state index in [0.717, 1.165) is 17.0 Å². The first-order chi connectivity index (χ1) is 13.1. The number of nitrogens with one attached hydrogen (secondary N) is 2. The zero-order chi connectivity index (χ0) is 18.2. The van der Waals surface area contributed by atoms with Crippen LogP contribution in [0.4, 0.5) is 17.6 Å². The average Bonchev–Trinajstić information content (AvgIpc) is 3.15. The van der Waals surface area contributed by atoms with Crippen LogP contribution in [0.5, 0.6) is 0 Å². The minimum atomic E-state index is -0.289. The number of H-pyrrole nitrogens is 1. The standard InChI is InChI=1S/C18H19N7O2/c1-18(4-5-18)13-8-14(22-21-13)19-15-11-3-2-6-25(11)23-17(20-15)24-9-10-7-12(24)16(26)27-10/h2-3,6,8,10,12H,4-5,7,9H2,1H3,(H2,19,20,21,22,23)/t10-,12?/m0/s1. The largest absolute Gasteiger partial charge is 0.459 e. The van der Waals surface area contributed by atoms with Crippen LogP contribution in [0.25, 0.3) is 5.52 Å². The van der Waals surface area contributed by atoms with Crippen LogP contribution in [-0.2, 0) is 14.9 Å². The number of aromatic amines is 1. The summed E-state index contributed by atoms with van der Waals surface area (Å²) in [5.74, 6) is 1.73. The van der Waals surface area contributed by atoms with Crippen molar-refractivity contribution in [1.29, 1.82) is 0 Å². The summed E-state index contributed by atoms with van der Waals surface area (Å²) in [4.78, 5) is 18.6. The molecule has 138 valence electrons. The molecule has 2 aliphatic heterocycles. The highest BCUT2D eigenvalue weighted by Gasteiger charge is 2.47. The molecule has 1 saturated carbocycles. The minimum Gasteiger partial charge on any atom is -0.459 e. The zero-order valence-electron chi connectivity index (χ0n) is 14.8. The number of nitrogens with zero attached hydrogens (tertiary/aromatic N) is 5. The number of hydrogen-bond donors (Lipinski definition) is 2. The van der Waals surface area contributed by atoms with E-state index in [1.165, 1.54) is 12.8 Å². The lowest BCUT2D eigenvalue weighted by atomic mass is 10.1. The number of carbonyl (C=O) groups excluding carboxylic acids is 1. The molecule has 27 heavy (non-hydrogen) atoms. The number of morpholine rings is 1. The Balaban J connectivity index is 1.37. The molecule has 9 heteroatoms. The van der Waals surface area contributed by atoms with Gasteiger partial charge in [0.1, 0.15) is 17.7 Å². The second-order valence-corrected chi connectivity index (χ2v) is 7.91. The summed E-state index contributed by atoms with van der Waals surface area (Å²) in [6, 6.07) is 5.63. The molecular formula is C18H19N7O2. The molecular weight excluding hydrogens is 346 g/mol. The van der Waals surface area contributed by atoms with Crippen LogP contribution < -0.4 is 10.2 Å². The van der Waals surface area contributed by atoms with Gasteiger partial charge in [-0.1, -0.05) is 6.92 Å². The fraction of sp³-hybridized carbons (Fsp3) is 0.444. The van der Waals surface area contributed by atoms with Crippen LogP contribution in [0, 0.1) is 0 Å². The van der Waals surface area contributed by atoms with Crippen LogP contribution in [0.1, 0.15) is 31.9 Å². The predicted molar refractivity (Wildman–Crippen MR) is 97.1 cm³/mol. The van der Waals surface area contributed by atoms with Gasteiger partial charge in [-0.2, -0.15) is 10.1 Å². The molecule has 2 atom stereocenters. The van der Waals surface area contributed by atoms with Crippen molar-refractivity contribution in [3.05, 3.63) is 30.1 Å². The van der Waals surface area contributed by atoms with Gasteiger partial charge in [-0.3, -0.25) is 5.10 Å². The lowest BCUT2D eigenvalue weighted by Crippen LogP contribution is -2.41. The third-order valence-electron chi connectivity index (χ3n) is 5.93. The Morgan fingerprint density at radius 1 is 1.41 bits per heavy atom. The van der Waals surface area contributed by atoms with Gasteiger partial charge in [0, 0.05) is 29.8 Å². The minimum absolute atomic E-state index is 0.0592. The van der Waals surface area contributed by atoms with Gasteiger partial charge in [-0.15, -0.1) is 5.10 Å². The van der Waals surface area contributed by atoms with E-state index in [4.69, 9.17) is 9.72 Å². The molecule has 3 aromatic rings. The van der Waals surface area contributed by atoms with Crippen LogP contribution in [0.2, 0.25) is 0 Å². The van der Waals surface area contributed by atoms with Crippen molar-refractivity contribution in [3.8, 4) is 0 Å². The van der Waals surface area contributed by atoms with E-state index in [1.54, 1.807) is 4.52 Å². The van der Waals surface area contributed by atoms with Gasteiger partial charge in [-0.05, 0) is 25.0 Å². The van der Waals surface area contributed by atoms with Gasteiger partial charge in [0.05, 0.1) is 6.54 Å². The molecule has 3 aromatic heterocycles. The first-order valence-electron chi connectivity index (χ1n) is 9.25. The monoisotopic (exact) mass is 365 g/mol. The molecule has 2 bridgehead atoms. The lowest BCUT2D eigenvalue weighted by Gasteiger charge is -2.25. The number of aromatic nitrogens is 5. The van der Waals surface area contributed by atoms with Crippen molar-refractivity contribution in [2.75, 3.05) is 16.8 Å². The average molecular weight is 365 g/mol. The number of carbonyl (C=O) groups is 1. The maximum atomic E-state index is 12.0. The molecule has 0 spiro atoms. The first-order valence-corrected chi connectivity index (χ1v) is 9.25. The fourth-order valence-electron chi connectivity index (χ4n) is 3.98. The number of anilines is 3. The maximum Gasteiger partial charge on any atom is 0.329 e. The van der Waals surface area contributed by atoms with E-state index >= 15 is 0 Å². The van der Waals surface area contributed by atoms with Crippen molar-refractivity contribution < 1.29 is 9.53 Å². The SMILES string of the molecule is CC1(c2cc(Nc3nc(N4C[C@@H]5CC4C(=O)O5)nn4cccc34)n[nH]2)CC1. The molecule has 6 rings (SSSR count). The van der Waals surface area contributed by atoms with Crippen LogP contribution >= 0.6 is 0 Å². The summed E-state index contributed by atoms with van der Waals surface area (Å²) in [7, 11) is 0. The second kappa shape index (κ2) is 4.99. The summed E-state index contributed by atoms with van der Waals surface area (Å²) in [6.07, 6.45) is 4.89. The highest BCUT2D eigenvalue weighted by atomic mass is 16.6. The van der Waals surface area contributed by atoms with Crippen LogP contribution in [0.3, 0.4) is 0 Å². The third kappa shape index (κ3) is 2.23. The number of fused-ring (bicyclic) bond motifs is 3. The number of hydrogen-bond acceptors (Lipinski definition) is 7. The van der Waals surface area contributed by atoms with Crippen molar-refractivity contribution in [2.24, 2.45) is 0 Å². The molecule has 3 fully saturated rings. The topological polar surface area (TPSA) is 100 Å². The molecule has 1 aliphatic carbocycles. The Morgan fingerprint density at radius 3 is 3.07 bits per heavy atom. The van der Waals surface area contributed by atoms with Crippen LogP contribution in [-0.4, -0.2) is 49.5 Å². The maximum absolute atomic E-state index is 12.0. The van der Waals surface area contributed by atoms with Crippen molar-refractivity contribution in [1.82, 2.24) is 24.8 Å². The van der Waals surface area contributed by atoms with E-state index in [0.29, 0.717) is 24.7 Å². The van der Waals surface area contributed by atoms with E-state index in [1.807, 2.05) is 29.3 Å². The molecule has 0 aromatic carbocycles. The Labute approximate surface area is 154 Å². The summed E-state index contributed by atoms with van der Waals surface area (Å²) < 4.78 is 7.05. The quantitative estimate of drug-likeness (QED) is 0.679. The number of esters is 1. The molecule has 1 unspecified atom stereocenters. The molecule has 3 aliphatic rings. The van der Waals surface area contributed by atoms with E-state index in [9.17, 15) is 4.79 Å². The normalized spacial score (nSPS) is 25.2. The van der Waals surface area contributed by atoms with Gasteiger partial charge in [0.25, 0.3) is 0 Å². The van der Waals surface area contributed by atoms with Gasteiger partial charge in [0.2, 0.25) is 5.95 Å². The summed E-state index contributed by atoms with van der Waals surface area (Å²) in [5, 5.41) is 15.4. The number of rotatable bonds is 4. The Hall–Kier alpha value is -3.10. The van der Waals surface area contributed by atoms with Crippen molar-refractivity contribution in [3.63, 3.8) is 0 Å². The molecule has 2 saturated heterocycles. The summed E-state index contributed by atoms with van der Waals surface area (Å²) in [6.45, 7) is 2.87. The Kier molecular flexibility index (Phi) is 2.78. The van der Waals surface area contributed by atoms with Gasteiger partial charge >= 0.3 is 5.97 Å². The Morgan fingerprint density at radius 2 is 2.30 bits per heavy atom. The van der Waals surface area contributed by atoms with Gasteiger partial charge in [0.15, 0.2) is 11.6 Å². The van der Waals surface area contributed by atoms with E-state index in [2.05, 4.69) is 27.5 Å². The van der Waals surface area contributed by atoms with Crippen molar-refractivity contribution >= 4 is 29.1 Å². The molecule has 9 nitrogen and oxygen atoms in total. The highest BCUT2D eigenvalue weighted by molar-refractivity contribution is 5.84. The summed E-state index contributed by atoms with van der Waals surface area (Å²) in [5.41, 5.74) is 2.22. The van der Waals surface area contributed by atoms with Gasteiger partial charge in [-0.25, -0.2) is 9.31 Å². The van der Waals surface area contributed by atoms with Crippen molar-refractivity contribution in [2.45, 2.75) is 43.7 Å². The number of ether oxygens (including phenoxy) is 1. The lowest BCUT2D eigenvalue weighted by molar-refractivity contribution is -0.144. The fourth-order valence-corrected chi connectivity index (χ4v) is 3.98. The predicted octanol–water partition coefficient (Wildman–Crippen LogP) is 1.75. The molecule has 2 N–H and O–H groups in total. The van der Waals surface area contributed by atoms with Gasteiger partial charge < -0.3 is 15.0 Å². The molecule has 5 heterocycles. The summed E-state index contributed by atoms with van der Waals surface area (Å²) >= 11 is 0. The highest BCUT2D eigenvalue weighted by Crippen LogP contribution is 2.47. The second-order valence-electron chi connectivity index (χ2n) is 7.91. The Bertz CT molecular complexity index is 1070. The molecule has 0 radical (unpaired) electrons. The van der Waals surface area contributed by atoms with E-state index in [-0.39, 0.29) is 23.5 Å². The zero-order valence-corrected chi connectivity index (χ0v) is 14.8.